The van der Waals surface area contributed by atoms with Crippen molar-refractivity contribution in [2.75, 3.05) is 0 Å². The van der Waals surface area contributed by atoms with Gasteiger partial charge in [0, 0.05) is 28.8 Å². The van der Waals surface area contributed by atoms with Gasteiger partial charge in [0.25, 0.3) is 0 Å². The highest BCUT2D eigenvalue weighted by Gasteiger charge is 2.39. The number of benzene rings is 1. The summed E-state index contributed by atoms with van der Waals surface area (Å²) in [6.45, 7) is 1.01. The van der Waals surface area contributed by atoms with Crippen molar-refractivity contribution in [3.05, 3.63) is 42.1 Å². The average molecular weight is 331 g/mol. The molecule has 1 aromatic heterocycles. The van der Waals surface area contributed by atoms with Crippen molar-refractivity contribution in [2.45, 2.75) is 49.1 Å². The zero-order valence-corrected chi connectivity index (χ0v) is 13.1. The van der Waals surface area contributed by atoms with Crippen LogP contribution in [0.4, 0.5) is 0 Å². The Morgan fingerprint density at radius 2 is 1.80 bits per heavy atom. The first kappa shape index (κ1) is 12.8. The molecule has 104 valence electrons. The molecule has 0 saturated carbocycles. The molecule has 2 aromatic rings. The predicted octanol–water partition coefficient (Wildman–Crippen LogP) is 4.13. The Hall–Kier alpha value is -0.930. The molecule has 2 fully saturated rings. The van der Waals surface area contributed by atoms with Crippen molar-refractivity contribution in [1.82, 2.24) is 9.88 Å². The summed E-state index contributed by atoms with van der Waals surface area (Å²) >= 11 is 3.81. The molecule has 2 bridgehead atoms. The molecule has 1 aromatic carbocycles. The summed E-state index contributed by atoms with van der Waals surface area (Å²) in [4.78, 5) is 8.24. The third-order valence-corrected chi connectivity index (χ3v) is 5.58. The van der Waals surface area contributed by atoms with Crippen LogP contribution in [0.5, 0.6) is 0 Å². The van der Waals surface area contributed by atoms with Crippen LogP contribution < -0.4 is 0 Å². The molecule has 0 spiro atoms. The lowest BCUT2D eigenvalue weighted by molar-refractivity contribution is 0.135. The highest BCUT2D eigenvalue weighted by Crippen LogP contribution is 2.39. The van der Waals surface area contributed by atoms with Crippen LogP contribution in [0.3, 0.4) is 0 Å². The van der Waals surface area contributed by atoms with Gasteiger partial charge < -0.3 is 0 Å². The van der Waals surface area contributed by atoms with Gasteiger partial charge in [-0.3, -0.25) is 9.88 Å². The highest BCUT2D eigenvalue weighted by molar-refractivity contribution is 9.09. The monoisotopic (exact) mass is 330 g/mol. The van der Waals surface area contributed by atoms with Crippen LogP contribution >= 0.6 is 15.9 Å². The van der Waals surface area contributed by atoms with Crippen LogP contribution in [0.2, 0.25) is 0 Å². The van der Waals surface area contributed by atoms with Crippen LogP contribution in [-0.4, -0.2) is 26.8 Å². The second-order valence-corrected chi connectivity index (χ2v) is 7.42. The van der Waals surface area contributed by atoms with Crippen LogP contribution in [0.15, 0.2) is 36.4 Å². The molecule has 2 aliphatic heterocycles. The lowest BCUT2D eigenvalue weighted by Crippen LogP contribution is -2.42. The van der Waals surface area contributed by atoms with Gasteiger partial charge in [-0.25, -0.2) is 0 Å². The lowest BCUT2D eigenvalue weighted by atomic mass is 10.0. The average Bonchev–Trinajstić information content (AvgIpc) is 2.70. The Kier molecular flexibility index (Phi) is 3.27. The van der Waals surface area contributed by atoms with Crippen molar-refractivity contribution < 1.29 is 0 Å². The van der Waals surface area contributed by atoms with Gasteiger partial charge >= 0.3 is 0 Å². The number of pyridine rings is 1. The van der Waals surface area contributed by atoms with Gasteiger partial charge in [0.15, 0.2) is 0 Å². The lowest BCUT2D eigenvalue weighted by Gasteiger charge is -2.36. The Bertz CT molecular complexity index is 613. The molecule has 2 nitrogen and oxygen atoms in total. The van der Waals surface area contributed by atoms with Gasteiger partial charge in [-0.05, 0) is 37.8 Å². The summed E-state index contributed by atoms with van der Waals surface area (Å²) in [7, 11) is 0. The third-order valence-electron chi connectivity index (χ3n) is 4.83. The molecule has 0 radical (unpaired) electrons. The summed E-state index contributed by atoms with van der Waals surface area (Å²) in [6.07, 6.45) is 5.31. The standard InChI is InChI=1S/C17H19BrN2/c18-13-9-15-7-8-16(10-13)20(15)11-14-6-5-12-3-1-2-4-17(12)19-14/h1-6,13,15-16H,7-11H2. The molecule has 2 saturated heterocycles. The number of halogens is 1. The first-order valence-electron chi connectivity index (χ1n) is 7.54. The van der Waals surface area contributed by atoms with E-state index in [9.17, 15) is 0 Å². The Balaban J connectivity index is 1.58. The summed E-state index contributed by atoms with van der Waals surface area (Å²) in [6, 6.07) is 14.3. The topological polar surface area (TPSA) is 16.1 Å². The molecular weight excluding hydrogens is 312 g/mol. The third kappa shape index (κ3) is 2.27. The summed E-state index contributed by atoms with van der Waals surface area (Å²) in [5.74, 6) is 0. The molecule has 2 atom stereocenters. The van der Waals surface area contributed by atoms with Crippen molar-refractivity contribution in [3.63, 3.8) is 0 Å². The van der Waals surface area contributed by atoms with E-state index >= 15 is 0 Å². The van der Waals surface area contributed by atoms with Gasteiger partial charge in [0.1, 0.15) is 0 Å². The second-order valence-electron chi connectivity index (χ2n) is 6.12. The summed E-state index contributed by atoms with van der Waals surface area (Å²) in [5.41, 5.74) is 2.33. The number of alkyl halides is 1. The second kappa shape index (κ2) is 5.12. The van der Waals surface area contributed by atoms with E-state index in [-0.39, 0.29) is 0 Å². The molecule has 0 N–H and O–H groups in total. The number of para-hydroxylation sites is 1. The van der Waals surface area contributed by atoms with Gasteiger partial charge in [-0.2, -0.15) is 0 Å². The normalized spacial score (nSPS) is 29.9. The quantitative estimate of drug-likeness (QED) is 0.770. The molecule has 4 rings (SSSR count). The molecular formula is C17H19BrN2. The van der Waals surface area contributed by atoms with Crippen molar-refractivity contribution in [1.29, 1.82) is 0 Å². The zero-order valence-electron chi connectivity index (χ0n) is 11.5. The number of piperidine rings is 1. The smallest absolute Gasteiger partial charge is 0.0705 e. The van der Waals surface area contributed by atoms with E-state index in [1.165, 1.54) is 36.8 Å². The maximum Gasteiger partial charge on any atom is 0.0705 e. The fraction of sp³-hybridized carbons (Fsp3) is 0.471. The molecule has 2 unspecified atom stereocenters. The van der Waals surface area contributed by atoms with E-state index in [4.69, 9.17) is 4.98 Å². The predicted molar refractivity (Wildman–Crippen MR) is 86.0 cm³/mol. The largest absolute Gasteiger partial charge is 0.292 e. The molecule has 20 heavy (non-hydrogen) atoms. The molecule has 3 heteroatoms. The number of fused-ring (bicyclic) bond motifs is 3. The van der Waals surface area contributed by atoms with E-state index in [2.05, 4.69) is 57.2 Å². The number of rotatable bonds is 2. The van der Waals surface area contributed by atoms with Gasteiger partial charge in [-0.15, -0.1) is 0 Å². The SMILES string of the molecule is BrC1CC2CCC(C1)N2Cc1ccc2ccccc2n1. The zero-order chi connectivity index (χ0) is 13.5. The molecule has 0 aliphatic carbocycles. The minimum atomic E-state index is 0.723. The van der Waals surface area contributed by atoms with E-state index in [0.717, 1.165) is 29.0 Å². The fourth-order valence-electron chi connectivity index (χ4n) is 3.85. The van der Waals surface area contributed by atoms with Crippen molar-refractivity contribution >= 4 is 26.8 Å². The summed E-state index contributed by atoms with van der Waals surface area (Å²) in [5, 5.41) is 1.23. The number of nitrogens with zero attached hydrogens (tertiary/aromatic N) is 2. The van der Waals surface area contributed by atoms with Gasteiger partial charge in [0.05, 0.1) is 11.2 Å². The van der Waals surface area contributed by atoms with Crippen molar-refractivity contribution in [2.24, 2.45) is 0 Å². The van der Waals surface area contributed by atoms with Gasteiger partial charge in [-0.1, -0.05) is 40.2 Å². The summed E-state index contributed by atoms with van der Waals surface area (Å²) < 4.78 is 0. The maximum absolute atomic E-state index is 4.83. The minimum Gasteiger partial charge on any atom is -0.292 e. The minimum absolute atomic E-state index is 0.723. The highest BCUT2D eigenvalue weighted by atomic mass is 79.9. The van der Waals surface area contributed by atoms with Crippen LogP contribution in [0.1, 0.15) is 31.4 Å². The van der Waals surface area contributed by atoms with Gasteiger partial charge in [0.2, 0.25) is 0 Å². The van der Waals surface area contributed by atoms with E-state index in [0.29, 0.717) is 0 Å². The maximum atomic E-state index is 4.83. The number of aromatic nitrogens is 1. The molecule has 0 amide bonds. The first-order valence-corrected chi connectivity index (χ1v) is 8.45. The Morgan fingerprint density at radius 3 is 2.60 bits per heavy atom. The molecule has 3 heterocycles. The number of hydrogen-bond donors (Lipinski definition) is 0. The van der Waals surface area contributed by atoms with E-state index in [1.54, 1.807) is 0 Å². The van der Waals surface area contributed by atoms with Crippen molar-refractivity contribution in [3.8, 4) is 0 Å². The Morgan fingerprint density at radius 1 is 1.05 bits per heavy atom. The first-order chi connectivity index (χ1) is 9.79. The van der Waals surface area contributed by atoms with E-state index < -0.39 is 0 Å². The molecule has 2 aliphatic rings. The van der Waals surface area contributed by atoms with Crippen LogP contribution in [0, 0.1) is 0 Å². The van der Waals surface area contributed by atoms with E-state index in [1.807, 2.05) is 0 Å². The van der Waals surface area contributed by atoms with Crippen LogP contribution in [-0.2, 0) is 6.54 Å². The fourth-order valence-corrected chi connectivity index (χ4v) is 4.71. The van der Waals surface area contributed by atoms with Crippen LogP contribution in [0.25, 0.3) is 10.9 Å². The Labute approximate surface area is 128 Å². The number of hydrogen-bond acceptors (Lipinski definition) is 2.